The van der Waals surface area contributed by atoms with Crippen LogP contribution in [0.2, 0.25) is 0 Å². The van der Waals surface area contributed by atoms with Gasteiger partial charge in [0.15, 0.2) is 0 Å². The number of nitrogens with one attached hydrogen (secondary N) is 1. The smallest absolute Gasteiger partial charge is 0.326 e. The van der Waals surface area contributed by atoms with Gasteiger partial charge in [-0.25, -0.2) is 4.79 Å². The van der Waals surface area contributed by atoms with Gasteiger partial charge < -0.3 is 15.5 Å². The number of aryl methyl sites for hydroxylation is 1. The molecular weight excluding hydrogens is 222 g/mol. The van der Waals surface area contributed by atoms with Crippen LogP contribution in [-0.4, -0.2) is 28.1 Å². The summed E-state index contributed by atoms with van der Waals surface area (Å²) in [6.45, 7) is 3.45. The molecule has 0 saturated carbocycles. The van der Waals surface area contributed by atoms with E-state index in [1.807, 2.05) is 0 Å². The second kappa shape index (κ2) is 5.34. The average Bonchev–Trinajstić information content (AvgIpc) is 2.24. The molecule has 1 aromatic rings. The van der Waals surface area contributed by atoms with Crippen LogP contribution >= 0.6 is 0 Å². The first-order valence-electron chi connectivity index (χ1n) is 5.29. The number of amides is 1. The third-order valence-electron chi connectivity index (χ3n) is 2.41. The Kier molecular flexibility index (Phi) is 4.09. The average molecular weight is 237 g/mol. The Bertz CT molecular complexity index is 442. The fourth-order valence-corrected chi connectivity index (χ4v) is 1.41. The SMILES string of the molecule is CC[C@@H](NC(=O)c1ccc(C)cc1O)C(=O)O. The van der Waals surface area contributed by atoms with Gasteiger partial charge in [0, 0.05) is 0 Å². The second-order valence-electron chi connectivity index (χ2n) is 3.79. The lowest BCUT2D eigenvalue weighted by Gasteiger charge is -2.13. The van der Waals surface area contributed by atoms with Gasteiger partial charge in [-0.1, -0.05) is 13.0 Å². The van der Waals surface area contributed by atoms with Gasteiger partial charge in [-0.05, 0) is 31.0 Å². The predicted octanol–water partition coefficient (Wildman–Crippen LogP) is 1.29. The number of carbonyl (C=O) groups is 2. The number of carboxylic acids is 1. The first-order chi connectivity index (χ1) is 7.95. The van der Waals surface area contributed by atoms with E-state index in [-0.39, 0.29) is 17.7 Å². The Morgan fingerprint density at radius 1 is 1.41 bits per heavy atom. The van der Waals surface area contributed by atoms with Gasteiger partial charge in [-0.15, -0.1) is 0 Å². The van der Waals surface area contributed by atoms with Crippen molar-refractivity contribution in [2.45, 2.75) is 26.3 Å². The molecule has 0 unspecified atom stereocenters. The Morgan fingerprint density at radius 2 is 2.06 bits per heavy atom. The lowest BCUT2D eigenvalue weighted by atomic mass is 10.1. The second-order valence-corrected chi connectivity index (χ2v) is 3.79. The molecule has 5 nitrogen and oxygen atoms in total. The van der Waals surface area contributed by atoms with Crippen LogP contribution in [0, 0.1) is 6.92 Å². The molecule has 5 heteroatoms. The van der Waals surface area contributed by atoms with Crippen LogP contribution in [0.15, 0.2) is 18.2 Å². The van der Waals surface area contributed by atoms with E-state index in [1.54, 1.807) is 19.9 Å². The summed E-state index contributed by atoms with van der Waals surface area (Å²) in [5.74, 6) is -1.83. The molecule has 0 radical (unpaired) electrons. The van der Waals surface area contributed by atoms with Crippen molar-refractivity contribution in [1.29, 1.82) is 0 Å². The molecule has 0 aliphatic rings. The highest BCUT2D eigenvalue weighted by atomic mass is 16.4. The summed E-state index contributed by atoms with van der Waals surface area (Å²) in [5.41, 5.74) is 0.902. The number of rotatable bonds is 4. The summed E-state index contributed by atoms with van der Waals surface area (Å²) in [5, 5.41) is 20.7. The van der Waals surface area contributed by atoms with Crippen LogP contribution < -0.4 is 5.32 Å². The van der Waals surface area contributed by atoms with Crippen LogP contribution in [0.1, 0.15) is 29.3 Å². The molecule has 92 valence electrons. The van der Waals surface area contributed by atoms with E-state index < -0.39 is 17.9 Å². The summed E-state index contributed by atoms with van der Waals surface area (Å²) in [7, 11) is 0. The number of phenolic OH excluding ortho intramolecular Hbond substituents is 1. The number of carbonyl (C=O) groups excluding carboxylic acids is 1. The fourth-order valence-electron chi connectivity index (χ4n) is 1.41. The topological polar surface area (TPSA) is 86.6 Å². The van der Waals surface area contributed by atoms with E-state index in [4.69, 9.17) is 5.11 Å². The highest BCUT2D eigenvalue weighted by Gasteiger charge is 2.20. The zero-order valence-electron chi connectivity index (χ0n) is 9.73. The van der Waals surface area contributed by atoms with Gasteiger partial charge in [0.2, 0.25) is 0 Å². The van der Waals surface area contributed by atoms with Crippen molar-refractivity contribution in [3.05, 3.63) is 29.3 Å². The standard InChI is InChI=1S/C12H15NO4/c1-3-9(12(16)17)13-11(15)8-5-4-7(2)6-10(8)14/h4-6,9,14H,3H2,1-2H3,(H,13,15)(H,16,17)/t9-/m1/s1. The zero-order valence-corrected chi connectivity index (χ0v) is 9.73. The molecule has 0 aromatic heterocycles. The van der Waals surface area contributed by atoms with E-state index in [2.05, 4.69) is 5.32 Å². The number of hydrogen-bond donors (Lipinski definition) is 3. The van der Waals surface area contributed by atoms with Gasteiger partial charge >= 0.3 is 5.97 Å². The molecule has 0 heterocycles. The third kappa shape index (κ3) is 3.21. The first kappa shape index (κ1) is 13.0. The van der Waals surface area contributed by atoms with Gasteiger partial charge in [0.05, 0.1) is 5.56 Å². The molecule has 1 rings (SSSR count). The number of carboxylic acid groups (broad SMARTS) is 1. The number of aromatic hydroxyl groups is 1. The van der Waals surface area contributed by atoms with Crippen LogP contribution in [-0.2, 0) is 4.79 Å². The Morgan fingerprint density at radius 3 is 2.53 bits per heavy atom. The van der Waals surface area contributed by atoms with E-state index >= 15 is 0 Å². The molecule has 0 saturated heterocycles. The minimum atomic E-state index is -1.09. The van der Waals surface area contributed by atoms with Crippen LogP contribution in [0.5, 0.6) is 5.75 Å². The summed E-state index contributed by atoms with van der Waals surface area (Å²) < 4.78 is 0. The van der Waals surface area contributed by atoms with Crippen LogP contribution in [0.4, 0.5) is 0 Å². The number of benzene rings is 1. The third-order valence-corrected chi connectivity index (χ3v) is 2.41. The largest absolute Gasteiger partial charge is 0.507 e. The predicted molar refractivity (Wildman–Crippen MR) is 62.0 cm³/mol. The lowest BCUT2D eigenvalue weighted by molar-refractivity contribution is -0.139. The molecule has 0 aliphatic heterocycles. The molecule has 0 fully saturated rings. The number of hydrogen-bond acceptors (Lipinski definition) is 3. The van der Waals surface area contributed by atoms with Gasteiger partial charge in [-0.2, -0.15) is 0 Å². The Balaban J connectivity index is 2.86. The van der Waals surface area contributed by atoms with E-state index in [1.165, 1.54) is 12.1 Å². The van der Waals surface area contributed by atoms with Gasteiger partial charge in [0.1, 0.15) is 11.8 Å². The highest BCUT2D eigenvalue weighted by molar-refractivity contribution is 5.98. The summed E-state index contributed by atoms with van der Waals surface area (Å²) in [6, 6.07) is 3.66. The van der Waals surface area contributed by atoms with Crippen molar-refractivity contribution >= 4 is 11.9 Å². The van der Waals surface area contributed by atoms with Crippen molar-refractivity contribution in [2.24, 2.45) is 0 Å². The summed E-state index contributed by atoms with van der Waals surface area (Å²) in [6.07, 6.45) is 0.285. The van der Waals surface area contributed by atoms with Gasteiger partial charge in [-0.3, -0.25) is 4.79 Å². The monoisotopic (exact) mass is 237 g/mol. The molecule has 17 heavy (non-hydrogen) atoms. The molecule has 0 spiro atoms. The number of phenols is 1. The highest BCUT2D eigenvalue weighted by Crippen LogP contribution is 2.18. The van der Waals surface area contributed by atoms with E-state index in [0.717, 1.165) is 5.56 Å². The molecule has 0 aliphatic carbocycles. The van der Waals surface area contributed by atoms with Crippen LogP contribution in [0.3, 0.4) is 0 Å². The number of aliphatic carboxylic acids is 1. The summed E-state index contributed by atoms with van der Waals surface area (Å²) in [4.78, 5) is 22.5. The first-order valence-corrected chi connectivity index (χ1v) is 5.29. The normalized spacial score (nSPS) is 11.9. The van der Waals surface area contributed by atoms with E-state index in [9.17, 15) is 14.7 Å². The molecule has 1 aromatic carbocycles. The molecular formula is C12H15NO4. The van der Waals surface area contributed by atoms with Crippen molar-refractivity contribution in [1.82, 2.24) is 5.32 Å². The Hall–Kier alpha value is -2.04. The van der Waals surface area contributed by atoms with Crippen LogP contribution in [0.25, 0.3) is 0 Å². The fraction of sp³-hybridized carbons (Fsp3) is 0.333. The molecule has 0 bridgehead atoms. The van der Waals surface area contributed by atoms with Crippen molar-refractivity contribution in [3.63, 3.8) is 0 Å². The minimum absolute atomic E-state index is 0.0790. The van der Waals surface area contributed by atoms with Crippen molar-refractivity contribution < 1.29 is 19.8 Å². The maximum Gasteiger partial charge on any atom is 0.326 e. The zero-order chi connectivity index (χ0) is 13.0. The lowest BCUT2D eigenvalue weighted by Crippen LogP contribution is -2.40. The minimum Gasteiger partial charge on any atom is -0.507 e. The maximum atomic E-state index is 11.7. The molecule has 3 N–H and O–H groups in total. The Labute approximate surface area is 99.1 Å². The van der Waals surface area contributed by atoms with Gasteiger partial charge in [0.25, 0.3) is 5.91 Å². The van der Waals surface area contributed by atoms with Crippen molar-refractivity contribution in [2.75, 3.05) is 0 Å². The summed E-state index contributed by atoms with van der Waals surface area (Å²) >= 11 is 0. The molecule has 1 atom stereocenters. The van der Waals surface area contributed by atoms with E-state index in [0.29, 0.717) is 0 Å². The maximum absolute atomic E-state index is 11.7. The van der Waals surface area contributed by atoms with Crippen molar-refractivity contribution in [3.8, 4) is 5.75 Å². The quantitative estimate of drug-likeness (QED) is 0.736. The molecule has 1 amide bonds.